The van der Waals surface area contributed by atoms with Crippen molar-refractivity contribution in [3.63, 3.8) is 0 Å². The molecule has 1 saturated carbocycles. The molecule has 2 heteroatoms. The first kappa shape index (κ1) is 12.6. The summed E-state index contributed by atoms with van der Waals surface area (Å²) in [5.74, 6) is 0.960. The second kappa shape index (κ2) is 5.31. The van der Waals surface area contributed by atoms with Gasteiger partial charge in [0.25, 0.3) is 0 Å². The van der Waals surface area contributed by atoms with E-state index in [1.54, 1.807) is 0 Å². The summed E-state index contributed by atoms with van der Waals surface area (Å²) in [5.41, 5.74) is 4.37. The average Bonchev–Trinajstić information content (AvgIpc) is 2.54. The summed E-state index contributed by atoms with van der Waals surface area (Å²) in [6.07, 6.45) is 11.1. The Hall–Kier alpha value is -1.18. The van der Waals surface area contributed by atoms with Crippen molar-refractivity contribution >= 4 is 11.4 Å². The van der Waals surface area contributed by atoms with Gasteiger partial charge in [0.15, 0.2) is 0 Å². The predicted molar refractivity (Wildman–Crippen MR) is 85.6 cm³/mol. The molecule has 1 aromatic carbocycles. The number of rotatable bonds is 1. The number of nitrogens with zero attached hydrogens (tertiary/aromatic N) is 1. The van der Waals surface area contributed by atoms with Gasteiger partial charge in [-0.1, -0.05) is 18.9 Å². The quantitative estimate of drug-likeness (QED) is 0.822. The van der Waals surface area contributed by atoms with Crippen molar-refractivity contribution in [1.29, 1.82) is 0 Å². The Balaban J connectivity index is 1.62. The lowest BCUT2D eigenvalue weighted by atomic mass is 9.78. The largest absolute Gasteiger partial charge is 0.385 e. The zero-order chi connectivity index (χ0) is 13.4. The number of hydrogen-bond acceptors (Lipinski definition) is 2. The summed E-state index contributed by atoms with van der Waals surface area (Å²) in [5, 5.41) is 3.59. The van der Waals surface area contributed by atoms with Crippen LogP contribution in [0.3, 0.4) is 0 Å². The Kier molecular flexibility index (Phi) is 3.33. The van der Waals surface area contributed by atoms with Gasteiger partial charge in [-0.15, -0.1) is 0 Å². The summed E-state index contributed by atoms with van der Waals surface area (Å²) in [6.45, 7) is 2.41. The number of aryl methyl sites for hydroxylation is 1. The fourth-order valence-electron chi connectivity index (χ4n) is 4.57. The minimum Gasteiger partial charge on any atom is -0.385 e. The molecule has 20 heavy (non-hydrogen) atoms. The lowest BCUT2D eigenvalue weighted by molar-refractivity contribution is 0.244. The van der Waals surface area contributed by atoms with Crippen LogP contribution in [0.2, 0.25) is 0 Å². The molecule has 2 heterocycles. The zero-order valence-corrected chi connectivity index (χ0v) is 12.4. The van der Waals surface area contributed by atoms with E-state index in [0.717, 1.165) is 18.5 Å². The molecule has 2 atom stereocenters. The average molecular weight is 270 g/mol. The zero-order valence-electron chi connectivity index (χ0n) is 12.4. The van der Waals surface area contributed by atoms with Crippen LogP contribution in [0.25, 0.3) is 0 Å². The standard InChI is InChI=1S/C18H26N2/c1-2-8-18-15(5-1)7-4-12-20(18)16-10-9-14-6-3-11-19-17(14)13-16/h9-10,13,15,18-19H,1-8,11-12H2/t15-,18-/m1/s1. The third-order valence-electron chi connectivity index (χ3n) is 5.61. The van der Waals surface area contributed by atoms with Gasteiger partial charge in [-0.3, -0.25) is 0 Å². The van der Waals surface area contributed by atoms with Gasteiger partial charge in [-0.25, -0.2) is 0 Å². The van der Waals surface area contributed by atoms with Gasteiger partial charge in [-0.2, -0.15) is 0 Å². The van der Waals surface area contributed by atoms with Crippen LogP contribution in [0.5, 0.6) is 0 Å². The molecule has 1 aliphatic carbocycles. The SMILES string of the molecule is c1cc2c(cc1N1CCC[C@H]3CCCC[C@H]31)NCCC2. The molecule has 2 fully saturated rings. The van der Waals surface area contributed by atoms with Crippen LogP contribution in [-0.4, -0.2) is 19.1 Å². The molecular formula is C18H26N2. The number of nitrogens with one attached hydrogen (secondary N) is 1. The van der Waals surface area contributed by atoms with Crippen molar-refractivity contribution in [3.05, 3.63) is 23.8 Å². The second-order valence-corrected chi connectivity index (χ2v) is 6.82. The summed E-state index contributed by atoms with van der Waals surface area (Å²) in [4.78, 5) is 2.73. The lowest BCUT2D eigenvalue weighted by Crippen LogP contribution is -2.46. The molecule has 0 bridgehead atoms. The summed E-state index contributed by atoms with van der Waals surface area (Å²) >= 11 is 0. The van der Waals surface area contributed by atoms with E-state index in [0.29, 0.717) is 0 Å². The fraction of sp³-hybridized carbons (Fsp3) is 0.667. The molecule has 0 radical (unpaired) electrons. The van der Waals surface area contributed by atoms with Gasteiger partial charge in [-0.05, 0) is 62.1 Å². The van der Waals surface area contributed by atoms with E-state index in [1.165, 1.54) is 74.8 Å². The highest BCUT2D eigenvalue weighted by Crippen LogP contribution is 2.39. The molecular weight excluding hydrogens is 244 g/mol. The van der Waals surface area contributed by atoms with E-state index in [1.807, 2.05) is 0 Å². The number of hydrogen-bond donors (Lipinski definition) is 1. The normalized spacial score (nSPS) is 29.3. The molecule has 1 N–H and O–H groups in total. The van der Waals surface area contributed by atoms with Crippen molar-refractivity contribution in [1.82, 2.24) is 0 Å². The minimum atomic E-state index is 0.819. The third-order valence-corrected chi connectivity index (χ3v) is 5.61. The summed E-state index contributed by atoms with van der Waals surface area (Å²) in [7, 11) is 0. The number of piperidine rings is 1. The first-order valence-electron chi connectivity index (χ1n) is 8.55. The predicted octanol–water partition coefficient (Wildman–Crippen LogP) is 4.20. The Bertz CT molecular complexity index is 480. The van der Waals surface area contributed by atoms with Crippen LogP contribution in [0, 0.1) is 5.92 Å². The Labute approximate surface area is 122 Å². The van der Waals surface area contributed by atoms with E-state index >= 15 is 0 Å². The smallest absolute Gasteiger partial charge is 0.0393 e. The van der Waals surface area contributed by atoms with Crippen molar-refractivity contribution in [2.45, 2.75) is 57.4 Å². The fourth-order valence-corrected chi connectivity index (χ4v) is 4.57. The van der Waals surface area contributed by atoms with Crippen LogP contribution < -0.4 is 10.2 Å². The van der Waals surface area contributed by atoms with Crippen LogP contribution in [0.1, 0.15) is 50.5 Å². The first-order chi connectivity index (χ1) is 9.92. The Morgan fingerprint density at radius 1 is 1.00 bits per heavy atom. The molecule has 108 valence electrons. The van der Waals surface area contributed by atoms with Crippen molar-refractivity contribution in [2.24, 2.45) is 5.92 Å². The highest BCUT2D eigenvalue weighted by atomic mass is 15.2. The molecule has 1 aromatic rings. The minimum absolute atomic E-state index is 0.819. The van der Waals surface area contributed by atoms with Crippen LogP contribution in [-0.2, 0) is 6.42 Å². The number of fused-ring (bicyclic) bond motifs is 2. The van der Waals surface area contributed by atoms with Gasteiger partial charge in [0, 0.05) is 30.5 Å². The van der Waals surface area contributed by atoms with Gasteiger partial charge in [0.2, 0.25) is 0 Å². The van der Waals surface area contributed by atoms with Gasteiger partial charge in [0.1, 0.15) is 0 Å². The van der Waals surface area contributed by atoms with E-state index in [4.69, 9.17) is 0 Å². The number of anilines is 2. The monoisotopic (exact) mass is 270 g/mol. The van der Waals surface area contributed by atoms with Crippen molar-refractivity contribution < 1.29 is 0 Å². The molecule has 0 spiro atoms. The van der Waals surface area contributed by atoms with Gasteiger partial charge >= 0.3 is 0 Å². The molecule has 1 saturated heterocycles. The van der Waals surface area contributed by atoms with Crippen LogP contribution in [0.15, 0.2) is 18.2 Å². The van der Waals surface area contributed by atoms with Gasteiger partial charge < -0.3 is 10.2 Å². The summed E-state index contributed by atoms with van der Waals surface area (Å²) in [6, 6.07) is 7.98. The number of benzene rings is 1. The van der Waals surface area contributed by atoms with E-state index < -0.39 is 0 Å². The van der Waals surface area contributed by atoms with E-state index in [9.17, 15) is 0 Å². The highest BCUT2D eigenvalue weighted by molar-refractivity contribution is 5.64. The van der Waals surface area contributed by atoms with E-state index in [-0.39, 0.29) is 0 Å². The summed E-state index contributed by atoms with van der Waals surface area (Å²) < 4.78 is 0. The van der Waals surface area contributed by atoms with E-state index in [2.05, 4.69) is 28.4 Å². The van der Waals surface area contributed by atoms with Crippen molar-refractivity contribution in [2.75, 3.05) is 23.3 Å². The highest BCUT2D eigenvalue weighted by Gasteiger charge is 2.33. The molecule has 0 aromatic heterocycles. The maximum absolute atomic E-state index is 3.59. The molecule has 2 nitrogen and oxygen atoms in total. The lowest BCUT2D eigenvalue weighted by Gasteiger charge is -2.45. The maximum Gasteiger partial charge on any atom is 0.0393 e. The topological polar surface area (TPSA) is 15.3 Å². The third kappa shape index (κ3) is 2.19. The Morgan fingerprint density at radius 2 is 1.90 bits per heavy atom. The molecule has 0 unspecified atom stereocenters. The van der Waals surface area contributed by atoms with Crippen LogP contribution >= 0.6 is 0 Å². The molecule has 2 aliphatic heterocycles. The van der Waals surface area contributed by atoms with Crippen LogP contribution in [0.4, 0.5) is 11.4 Å². The Morgan fingerprint density at radius 3 is 2.90 bits per heavy atom. The molecule has 4 rings (SSSR count). The maximum atomic E-state index is 3.59. The molecule has 3 aliphatic rings. The second-order valence-electron chi connectivity index (χ2n) is 6.82. The van der Waals surface area contributed by atoms with Crippen molar-refractivity contribution in [3.8, 4) is 0 Å². The first-order valence-corrected chi connectivity index (χ1v) is 8.55. The van der Waals surface area contributed by atoms with Gasteiger partial charge in [0.05, 0.1) is 0 Å². The molecule has 0 amide bonds.